The third-order valence-corrected chi connectivity index (χ3v) is 5.45. The SMILES string of the molecule is Cc1ccc(CC(C)NCCCCCn2cnc3c2c(=O)n(C)c(=O)n3C)cc1. The van der Waals surface area contributed by atoms with Gasteiger partial charge in [0, 0.05) is 26.7 Å². The Bertz CT molecular complexity index is 1080. The van der Waals surface area contributed by atoms with Crippen LogP contribution in [-0.2, 0) is 27.1 Å². The summed E-state index contributed by atoms with van der Waals surface area (Å²) in [5.74, 6) is 0. The molecular formula is C22H31N5O2. The van der Waals surface area contributed by atoms with E-state index < -0.39 is 0 Å². The molecule has 1 N–H and O–H groups in total. The number of benzene rings is 1. The standard InChI is InChI=1S/C22H31N5O2/c1-16-8-10-18(11-9-16)14-17(2)23-12-6-5-7-13-27-15-24-20-19(27)21(28)26(4)22(29)25(20)3/h8-11,15,17,23H,5-7,12-14H2,1-4H3. The smallest absolute Gasteiger partial charge is 0.325 e. The van der Waals surface area contributed by atoms with Crippen molar-refractivity contribution in [1.82, 2.24) is 24.0 Å². The zero-order valence-corrected chi connectivity index (χ0v) is 17.8. The number of aryl methyl sites for hydroxylation is 3. The van der Waals surface area contributed by atoms with Crippen LogP contribution in [0.4, 0.5) is 0 Å². The van der Waals surface area contributed by atoms with E-state index in [4.69, 9.17) is 0 Å². The Balaban J connectivity index is 1.45. The zero-order chi connectivity index (χ0) is 21.0. The van der Waals surface area contributed by atoms with Crippen LogP contribution in [0.3, 0.4) is 0 Å². The van der Waals surface area contributed by atoms with E-state index in [9.17, 15) is 9.59 Å². The maximum Gasteiger partial charge on any atom is 0.332 e. The minimum atomic E-state index is -0.349. The molecular weight excluding hydrogens is 366 g/mol. The Morgan fingerprint density at radius 1 is 1.03 bits per heavy atom. The van der Waals surface area contributed by atoms with E-state index in [-0.39, 0.29) is 11.2 Å². The first-order chi connectivity index (χ1) is 13.9. The highest BCUT2D eigenvalue weighted by molar-refractivity contribution is 5.69. The van der Waals surface area contributed by atoms with Gasteiger partial charge < -0.3 is 9.88 Å². The molecule has 2 heterocycles. The maximum absolute atomic E-state index is 12.4. The molecule has 1 unspecified atom stereocenters. The van der Waals surface area contributed by atoms with E-state index in [2.05, 4.69) is 48.4 Å². The molecule has 0 radical (unpaired) electrons. The van der Waals surface area contributed by atoms with Gasteiger partial charge in [0.25, 0.3) is 5.56 Å². The first-order valence-corrected chi connectivity index (χ1v) is 10.3. The van der Waals surface area contributed by atoms with Crippen molar-refractivity contribution in [3.63, 3.8) is 0 Å². The molecule has 3 rings (SSSR count). The van der Waals surface area contributed by atoms with Gasteiger partial charge in [-0.1, -0.05) is 36.2 Å². The van der Waals surface area contributed by atoms with Crippen LogP contribution >= 0.6 is 0 Å². The Morgan fingerprint density at radius 3 is 2.48 bits per heavy atom. The lowest BCUT2D eigenvalue weighted by Gasteiger charge is -2.14. The van der Waals surface area contributed by atoms with Crippen LogP contribution < -0.4 is 16.6 Å². The fourth-order valence-corrected chi connectivity index (χ4v) is 3.65. The van der Waals surface area contributed by atoms with E-state index in [0.717, 1.165) is 43.3 Å². The Hall–Kier alpha value is -2.67. The Kier molecular flexibility index (Phi) is 6.69. The van der Waals surface area contributed by atoms with Gasteiger partial charge in [-0.25, -0.2) is 9.78 Å². The van der Waals surface area contributed by atoms with E-state index in [0.29, 0.717) is 17.2 Å². The van der Waals surface area contributed by atoms with Crippen molar-refractivity contribution in [2.75, 3.05) is 6.54 Å². The van der Waals surface area contributed by atoms with Crippen LogP contribution in [-0.4, -0.2) is 31.3 Å². The van der Waals surface area contributed by atoms with E-state index in [1.807, 2.05) is 4.57 Å². The number of hydrogen-bond acceptors (Lipinski definition) is 4. The van der Waals surface area contributed by atoms with Crippen LogP contribution in [0.15, 0.2) is 40.2 Å². The minimum absolute atomic E-state index is 0.285. The number of nitrogens with zero attached hydrogens (tertiary/aromatic N) is 4. The summed E-state index contributed by atoms with van der Waals surface area (Å²) in [4.78, 5) is 28.7. The number of imidazole rings is 1. The second-order valence-corrected chi connectivity index (χ2v) is 7.92. The van der Waals surface area contributed by atoms with Gasteiger partial charge in [0.05, 0.1) is 6.33 Å². The molecule has 7 heteroatoms. The molecule has 0 bridgehead atoms. The van der Waals surface area contributed by atoms with E-state index in [1.165, 1.54) is 22.7 Å². The van der Waals surface area contributed by atoms with Crippen molar-refractivity contribution in [3.05, 3.63) is 62.6 Å². The average Bonchev–Trinajstić information content (AvgIpc) is 3.13. The van der Waals surface area contributed by atoms with Gasteiger partial charge in [0.1, 0.15) is 0 Å². The molecule has 0 aliphatic heterocycles. The maximum atomic E-state index is 12.4. The van der Waals surface area contributed by atoms with Crippen LogP contribution in [0.5, 0.6) is 0 Å². The van der Waals surface area contributed by atoms with Crippen LogP contribution in [0.2, 0.25) is 0 Å². The van der Waals surface area contributed by atoms with Crippen molar-refractivity contribution in [2.45, 2.75) is 52.1 Å². The predicted molar refractivity (Wildman–Crippen MR) is 116 cm³/mol. The molecule has 7 nitrogen and oxygen atoms in total. The number of unbranched alkanes of at least 4 members (excludes halogenated alkanes) is 2. The van der Waals surface area contributed by atoms with Gasteiger partial charge in [-0.3, -0.25) is 13.9 Å². The summed E-state index contributed by atoms with van der Waals surface area (Å²) >= 11 is 0. The number of aromatic nitrogens is 4. The summed E-state index contributed by atoms with van der Waals surface area (Å²) in [6.45, 7) is 6.03. The van der Waals surface area contributed by atoms with Gasteiger partial charge >= 0.3 is 5.69 Å². The molecule has 0 saturated heterocycles. The summed E-state index contributed by atoms with van der Waals surface area (Å²) in [6.07, 6.45) is 5.81. The first kappa shape index (κ1) is 21.0. The molecule has 3 aromatic rings. The summed E-state index contributed by atoms with van der Waals surface area (Å²) < 4.78 is 4.43. The lowest BCUT2D eigenvalue weighted by atomic mass is 10.1. The topological polar surface area (TPSA) is 73.8 Å². The molecule has 156 valence electrons. The molecule has 0 fully saturated rings. The normalized spacial score (nSPS) is 12.6. The second kappa shape index (κ2) is 9.22. The molecule has 0 amide bonds. The molecule has 0 aliphatic rings. The second-order valence-electron chi connectivity index (χ2n) is 7.92. The van der Waals surface area contributed by atoms with E-state index >= 15 is 0 Å². The van der Waals surface area contributed by atoms with Gasteiger partial charge in [0.2, 0.25) is 0 Å². The van der Waals surface area contributed by atoms with Gasteiger partial charge in [-0.05, 0) is 45.2 Å². The highest BCUT2D eigenvalue weighted by Gasteiger charge is 2.13. The third kappa shape index (κ3) is 4.85. The van der Waals surface area contributed by atoms with Crippen molar-refractivity contribution in [1.29, 1.82) is 0 Å². The highest BCUT2D eigenvalue weighted by atomic mass is 16.2. The van der Waals surface area contributed by atoms with Crippen molar-refractivity contribution >= 4 is 11.2 Å². The molecule has 1 aromatic carbocycles. The van der Waals surface area contributed by atoms with Crippen molar-refractivity contribution < 1.29 is 0 Å². The monoisotopic (exact) mass is 397 g/mol. The van der Waals surface area contributed by atoms with E-state index in [1.54, 1.807) is 13.4 Å². The fraction of sp³-hybridized carbons (Fsp3) is 0.500. The lowest BCUT2D eigenvalue weighted by molar-refractivity contribution is 0.508. The fourth-order valence-electron chi connectivity index (χ4n) is 3.65. The zero-order valence-electron chi connectivity index (χ0n) is 17.8. The van der Waals surface area contributed by atoms with Crippen molar-refractivity contribution in [3.8, 4) is 0 Å². The molecule has 29 heavy (non-hydrogen) atoms. The number of rotatable bonds is 9. The predicted octanol–water partition coefficient (Wildman–Crippen LogP) is 2.13. The van der Waals surface area contributed by atoms with Gasteiger partial charge in [0.15, 0.2) is 11.2 Å². The average molecular weight is 398 g/mol. The van der Waals surface area contributed by atoms with Crippen LogP contribution in [0.25, 0.3) is 11.2 Å². The number of nitrogens with one attached hydrogen (secondary N) is 1. The van der Waals surface area contributed by atoms with Crippen LogP contribution in [0.1, 0.15) is 37.3 Å². The largest absolute Gasteiger partial charge is 0.332 e. The molecule has 2 aromatic heterocycles. The van der Waals surface area contributed by atoms with Crippen LogP contribution in [0, 0.1) is 6.92 Å². The summed E-state index contributed by atoms with van der Waals surface area (Å²) in [5.41, 5.74) is 2.97. The third-order valence-electron chi connectivity index (χ3n) is 5.45. The Morgan fingerprint density at radius 2 is 1.76 bits per heavy atom. The quantitative estimate of drug-likeness (QED) is 0.562. The van der Waals surface area contributed by atoms with Gasteiger partial charge in [-0.2, -0.15) is 0 Å². The van der Waals surface area contributed by atoms with Gasteiger partial charge in [-0.15, -0.1) is 0 Å². The summed E-state index contributed by atoms with van der Waals surface area (Å²) in [7, 11) is 3.15. The number of fused-ring (bicyclic) bond motifs is 1. The minimum Gasteiger partial charge on any atom is -0.325 e. The highest BCUT2D eigenvalue weighted by Crippen LogP contribution is 2.09. The van der Waals surface area contributed by atoms with Crippen molar-refractivity contribution in [2.24, 2.45) is 14.1 Å². The lowest BCUT2D eigenvalue weighted by Crippen LogP contribution is -2.37. The molecule has 0 aliphatic carbocycles. The molecule has 0 spiro atoms. The Labute approximate surface area is 171 Å². The first-order valence-electron chi connectivity index (χ1n) is 10.3. The summed E-state index contributed by atoms with van der Waals surface area (Å²) in [5, 5.41) is 3.59. The molecule has 0 saturated carbocycles. The summed E-state index contributed by atoms with van der Waals surface area (Å²) in [6, 6.07) is 9.16. The number of hydrogen-bond donors (Lipinski definition) is 1. The molecule has 1 atom stereocenters.